The third-order valence-corrected chi connectivity index (χ3v) is 7.38. The Balaban J connectivity index is 2.00. The lowest BCUT2D eigenvalue weighted by molar-refractivity contribution is -0.139. The van der Waals surface area contributed by atoms with E-state index in [4.69, 9.17) is 9.47 Å². The summed E-state index contributed by atoms with van der Waals surface area (Å²) < 4.78 is 37.4. The average molecular weight is 447 g/mol. The molecular formula is C22H26N2O6S. The number of hydrogen-bond acceptors (Lipinski definition) is 7. The van der Waals surface area contributed by atoms with Crippen LogP contribution in [0.2, 0.25) is 0 Å². The number of allylic oxidation sites excluding steroid dienone is 2. The molecule has 1 aromatic rings. The van der Waals surface area contributed by atoms with Gasteiger partial charge in [0.15, 0.2) is 0 Å². The zero-order valence-electron chi connectivity index (χ0n) is 17.8. The molecule has 8 nitrogen and oxygen atoms in total. The molecule has 0 amide bonds. The third-order valence-electron chi connectivity index (χ3n) is 5.35. The maximum atomic E-state index is 13.1. The van der Waals surface area contributed by atoms with Gasteiger partial charge in [-0.2, -0.15) is 4.31 Å². The minimum Gasteiger partial charge on any atom is -0.465 e. The topological polar surface area (TPSA) is 93.2 Å². The number of carbonyl (C=O) groups is 2. The molecule has 0 spiro atoms. The third kappa shape index (κ3) is 4.57. The molecule has 1 saturated heterocycles. The molecule has 0 bridgehead atoms. The maximum absolute atomic E-state index is 13.1. The van der Waals surface area contributed by atoms with Crippen molar-refractivity contribution in [3.63, 3.8) is 0 Å². The Kier molecular flexibility index (Phi) is 6.97. The fourth-order valence-corrected chi connectivity index (χ4v) is 5.41. The summed E-state index contributed by atoms with van der Waals surface area (Å²) >= 11 is 0. The van der Waals surface area contributed by atoms with Gasteiger partial charge in [-0.1, -0.05) is 12.5 Å². The molecule has 1 fully saturated rings. The van der Waals surface area contributed by atoms with Crippen molar-refractivity contribution in [1.82, 2.24) is 4.31 Å². The highest BCUT2D eigenvalue weighted by Gasteiger charge is 2.32. The van der Waals surface area contributed by atoms with Gasteiger partial charge in [-0.3, -0.25) is 0 Å². The van der Waals surface area contributed by atoms with Gasteiger partial charge in [0.1, 0.15) is 5.70 Å². The number of hydrogen-bond donors (Lipinski definition) is 0. The van der Waals surface area contributed by atoms with Crippen LogP contribution in [0.1, 0.15) is 26.2 Å². The van der Waals surface area contributed by atoms with Gasteiger partial charge in [-0.25, -0.2) is 18.0 Å². The molecule has 2 aliphatic heterocycles. The summed E-state index contributed by atoms with van der Waals surface area (Å²) in [6, 6.07) is 6.15. The van der Waals surface area contributed by atoms with Crippen molar-refractivity contribution in [2.75, 3.05) is 25.7 Å². The summed E-state index contributed by atoms with van der Waals surface area (Å²) in [5.41, 5.74) is 0.491. The number of sulfonamides is 1. The Morgan fingerprint density at radius 1 is 1.00 bits per heavy atom. The largest absolute Gasteiger partial charge is 0.465 e. The number of anilines is 1. The number of rotatable bonds is 5. The molecule has 2 aliphatic rings. The molecule has 0 N–H and O–H groups in total. The van der Waals surface area contributed by atoms with E-state index < -0.39 is 22.0 Å². The van der Waals surface area contributed by atoms with Gasteiger partial charge in [-0.05, 0) is 56.2 Å². The Morgan fingerprint density at radius 2 is 1.68 bits per heavy atom. The summed E-state index contributed by atoms with van der Waals surface area (Å²) in [4.78, 5) is 26.4. The highest BCUT2D eigenvalue weighted by atomic mass is 32.2. The summed E-state index contributed by atoms with van der Waals surface area (Å²) in [7, 11) is -1.18. The van der Waals surface area contributed by atoms with Crippen molar-refractivity contribution in [3.8, 4) is 0 Å². The van der Waals surface area contributed by atoms with Crippen LogP contribution in [0.4, 0.5) is 5.69 Å². The minimum atomic E-state index is -3.62. The Morgan fingerprint density at radius 3 is 2.29 bits per heavy atom. The van der Waals surface area contributed by atoms with E-state index in [2.05, 4.69) is 0 Å². The van der Waals surface area contributed by atoms with Crippen LogP contribution in [-0.4, -0.2) is 51.5 Å². The van der Waals surface area contributed by atoms with E-state index in [1.54, 1.807) is 30.5 Å². The molecule has 0 saturated carbocycles. The van der Waals surface area contributed by atoms with Crippen LogP contribution in [0, 0.1) is 0 Å². The molecule has 1 aromatic carbocycles. The monoisotopic (exact) mass is 446 g/mol. The lowest BCUT2D eigenvalue weighted by atomic mass is 10.1. The highest BCUT2D eigenvalue weighted by molar-refractivity contribution is 7.89. The fraction of sp³-hybridized carbons (Fsp3) is 0.364. The number of methoxy groups -OCH3 is 2. The van der Waals surface area contributed by atoms with Crippen molar-refractivity contribution >= 4 is 27.6 Å². The molecule has 31 heavy (non-hydrogen) atoms. The molecule has 0 aliphatic carbocycles. The summed E-state index contributed by atoms with van der Waals surface area (Å²) in [6.45, 7) is 2.42. The normalized spacial score (nSPS) is 19.8. The summed E-state index contributed by atoms with van der Waals surface area (Å²) in [6.07, 6.45) is 9.01. The average Bonchev–Trinajstić information content (AvgIpc) is 3.01. The van der Waals surface area contributed by atoms with Gasteiger partial charge < -0.3 is 14.4 Å². The number of carbonyl (C=O) groups excluding carboxylic acids is 2. The van der Waals surface area contributed by atoms with E-state index in [0.29, 0.717) is 12.2 Å². The first kappa shape index (κ1) is 22.8. The van der Waals surface area contributed by atoms with Crippen molar-refractivity contribution in [1.29, 1.82) is 0 Å². The molecule has 1 atom stereocenters. The van der Waals surface area contributed by atoms with Crippen LogP contribution in [-0.2, 0) is 29.1 Å². The first-order valence-electron chi connectivity index (χ1n) is 9.98. The summed E-state index contributed by atoms with van der Waals surface area (Å²) in [5, 5.41) is 0. The molecule has 0 radical (unpaired) electrons. The van der Waals surface area contributed by atoms with Crippen LogP contribution in [0.25, 0.3) is 0 Å². The predicted octanol–water partition coefficient (Wildman–Crippen LogP) is 2.74. The molecule has 3 rings (SSSR count). The lowest BCUT2D eigenvalue weighted by Gasteiger charge is -2.32. The second-order valence-corrected chi connectivity index (χ2v) is 9.16. The standard InChI is InChI=1S/C22H26N2O6S/c1-16-8-4-7-15-24(16)31(27,28)18-12-10-17(11-13-18)23-14-6-5-9-19(21(25)29-2)20(23)22(26)30-3/h5-6,9-14,16H,4,7-8,15H2,1-3H3. The molecule has 2 heterocycles. The van der Waals surface area contributed by atoms with Crippen molar-refractivity contribution in [3.05, 3.63) is 60.0 Å². The first-order chi connectivity index (χ1) is 14.8. The van der Waals surface area contributed by atoms with E-state index in [1.807, 2.05) is 6.92 Å². The zero-order chi connectivity index (χ0) is 22.6. The molecule has 1 unspecified atom stereocenters. The molecular weight excluding hydrogens is 420 g/mol. The van der Waals surface area contributed by atoms with E-state index >= 15 is 0 Å². The van der Waals surface area contributed by atoms with E-state index in [9.17, 15) is 18.0 Å². The first-order valence-corrected chi connectivity index (χ1v) is 11.4. The van der Waals surface area contributed by atoms with Crippen molar-refractivity contribution in [2.24, 2.45) is 0 Å². The van der Waals surface area contributed by atoms with E-state index in [0.717, 1.165) is 19.3 Å². The van der Waals surface area contributed by atoms with Crippen LogP contribution < -0.4 is 4.90 Å². The number of nitrogens with zero attached hydrogens (tertiary/aromatic N) is 2. The van der Waals surface area contributed by atoms with Gasteiger partial charge in [0.2, 0.25) is 10.0 Å². The number of benzene rings is 1. The van der Waals surface area contributed by atoms with Gasteiger partial charge in [0.05, 0.1) is 24.7 Å². The fourth-order valence-electron chi connectivity index (χ4n) is 3.71. The smallest absolute Gasteiger partial charge is 0.355 e. The van der Waals surface area contributed by atoms with E-state index in [-0.39, 0.29) is 22.2 Å². The van der Waals surface area contributed by atoms with Crippen molar-refractivity contribution in [2.45, 2.75) is 37.1 Å². The van der Waals surface area contributed by atoms with Gasteiger partial charge >= 0.3 is 11.9 Å². The Labute approximate surface area is 182 Å². The molecule has 0 aromatic heterocycles. The molecule has 166 valence electrons. The second-order valence-electron chi connectivity index (χ2n) is 7.27. The zero-order valence-corrected chi connectivity index (χ0v) is 18.6. The van der Waals surface area contributed by atoms with Crippen LogP contribution in [0.5, 0.6) is 0 Å². The lowest BCUT2D eigenvalue weighted by Crippen LogP contribution is -2.41. The molecule has 9 heteroatoms. The second kappa shape index (κ2) is 9.49. The maximum Gasteiger partial charge on any atom is 0.355 e. The van der Waals surface area contributed by atoms with Gasteiger partial charge in [0, 0.05) is 24.5 Å². The summed E-state index contributed by atoms with van der Waals surface area (Å²) in [5.74, 6) is -1.42. The van der Waals surface area contributed by atoms with Crippen LogP contribution >= 0.6 is 0 Å². The highest BCUT2D eigenvalue weighted by Crippen LogP contribution is 2.29. The Bertz CT molecular complexity index is 1040. The van der Waals surface area contributed by atoms with Gasteiger partial charge in [0.25, 0.3) is 0 Å². The minimum absolute atomic E-state index is 0.0261. The van der Waals surface area contributed by atoms with Crippen LogP contribution in [0.15, 0.2) is 64.9 Å². The number of piperidine rings is 1. The number of esters is 2. The predicted molar refractivity (Wildman–Crippen MR) is 115 cm³/mol. The number of ether oxygens (including phenoxy) is 2. The Hall–Kier alpha value is -2.91. The van der Waals surface area contributed by atoms with E-state index in [1.165, 1.54) is 41.6 Å². The van der Waals surface area contributed by atoms with Crippen molar-refractivity contribution < 1.29 is 27.5 Å². The quantitative estimate of drug-likeness (QED) is 0.642. The SMILES string of the molecule is COC(=O)C1=C(C(=O)OC)N(c2ccc(S(=O)(=O)N3CCCCC3C)cc2)C=CC=C1. The van der Waals surface area contributed by atoms with Crippen LogP contribution in [0.3, 0.4) is 0 Å². The van der Waals surface area contributed by atoms with Gasteiger partial charge in [-0.15, -0.1) is 0 Å².